The Labute approximate surface area is 179 Å². The van der Waals surface area contributed by atoms with Gasteiger partial charge in [0.2, 0.25) is 0 Å². The first-order valence-electron chi connectivity index (χ1n) is 9.41. The first-order chi connectivity index (χ1) is 15.1. The van der Waals surface area contributed by atoms with Crippen molar-refractivity contribution >= 4 is 18.0 Å². The number of nitriles is 1. The average molecular weight is 416 g/mol. The van der Waals surface area contributed by atoms with Crippen molar-refractivity contribution < 1.29 is 23.5 Å². The Bertz CT molecular complexity index is 1090. The molecule has 0 radical (unpaired) electrons. The van der Waals surface area contributed by atoms with Crippen LogP contribution in [-0.4, -0.2) is 19.0 Å². The van der Waals surface area contributed by atoms with Crippen LogP contribution in [0.1, 0.15) is 27.2 Å². The van der Waals surface area contributed by atoms with Gasteiger partial charge in [0.05, 0.1) is 25.5 Å². The number of furan rings is 1. The monoisotopic (exact) mass is 416 g/mol. The molecule has 0 unspecified atom stereocenters. The van der Waals surface area contributed by atoms with E-state index in [2.05, 4.69) is 10.1 Å². The number of hydrogen-bond donors (Lipinski definition) is 1. The molecular weight excluding hydrogens is 396 g/mol. The standard InChI is InChI=1S/C24H20N2O5/c1-29-24(28)19-8-4-18(5-9-19)16-31-21-10-6-17(7-11-21)13-20(14-25)23(27)26-15-22-3-2-12-30-22/h2-13H,15-16H2,1H3,(H,26,27)/b20-13+. The summed E-state index contributed by atoms with van der Waals surface area (Å²) in [6.45, 7) is 0.535. The molecule has 3 rings (SSSR count). The number of amides is 1. The van der Waals surface area contributed by atoms with Gasteiger partial charge in [-0.1, -0.05) is 24.3 Å². The maximum atomic E-state index is 12.2. The Hall–Kier alpha value is -4.31. The van der Waals surface area contributed by atoms with E-state index < -0.39 is 5.91 Å². The molecule has 0 aliphatic carbocycles. The van der Waals surface area contributed by atoms with Gasteiger partial charge in [0, 0.05) is 0 Å². The van der Waals surface area contributed by atoms with Crippen molar-refractivity contribution in [2.45, 2.75) is 13.2 Å². The van der Waals surface area contributed by atoms with Gasteiger partial charge < -0.3 is 19.2 Å². The van der Waals surface area contributed by atoms with Crippen molar-refractivity contribution in [2.75, 3.05) is 7.11 Å². The molecule has 0 aliphatic heterocycles. The number of esters is 1. The largest absolute Gasteiger partial charge is 0.489 e. The van der Waals surface area contributed by atoms with Crippen LogP contribution in [0.3, 0.4) is 0 Å². The number of carbonyl (C=O) groups excluding carboxylic acids is 2. The molecule has 1 heterocycles. The van der Waals surface area contributed by atoms with Gasteiger partial charge in [-0.2, -0.15) is 5.26 Å². The fourth-order valence-corrected chi connectivity index (χ4v) is 2.67. The second kappa shape index (κ2) is 10.5. The van der Waals surface area contributed by atoms with E-state index in [4.69, 9.17) is 9.15 Å². The second-order valence-electron chi connectivity index (χ2n) is 6.48. The molecule has 0 bridgehead atoms. The summed E-state index contributed by atoms with van der Waals surface area (Å²) in [6, 6.07) is 19.3. The van der Waals surface area contributed by atoms with Gasteiger partial charge >= 0.3 is 5.97 Å². The molecule has 7 heteroatoms. The highest BCUT2D eigenvalue weighted by Crippen LogP contribution is 2.17. The molecular formula is C24H20N2O5. The molecule has 31 heavy (non-hydrogen) atoms. The van der Waals surface area contributed by atoms with Crippen molar-refractivity contribution in [1.29, 1.82) is 5.26 Å². The molecule has 3 aromatic rings. The van der Waals surface area contributed by atoms with Gasteiger partial charge in [-0.05, 0) is 53.6 Å². The van der Waals surface area contributed by atoms with E-state index in [-0.39, 0.29) is 18.1 Å². The van der Waals surface area contributed by atoms with Crippen LogP contribution in [0.4, 0.5) is 0 Å². The van der Waals surface area contributed by atoms with E-state index in [1.807, 2.05) is 6.07 Å². The summed E-state index contributed by atoms with van der Waals surface area (Å²) in [7, 11) is 1.34. The minimum atomic E-state index is -0.477. The predicted molar refractivity (Wildman–Crippen MR) is 113 cm³/mol. The zero-order chi connectivity index (χ0) is 22.1. The van der Waals surface area contributed by atoms with Crippen molar-refractivity contribution in [2.24, 2.45) is 0 Å². The van der Waals surface area contributed by atoms with E-state index in [1.54, 1.807) is 60.7 Å². The average Bonchev–Trinajstić information content (AvgIpc) is 3.34. The third-order valence-corrected chi connectivity index (χ3v) is 4.34. The van der Waals surface area contributed by atoms with Crippen molar-refractivity contribution in [1.82, 2.24) is 5.32 Å². The summed E-state index contributed by atoms with van der Waals surface area (Å²) < 4.78 is 15.6. The van der Waals surface area contributed by atoms with Crippen molar-refractivity contribution in [3.8, 4) is 11.8 Å². The number of methoxy groups -OCH3 is 1. The molecule has 1 N–H and O–H groups in total. The minimum Gasteiger partial charge on any atom is -0.489 e. The third-order valence-electron chi connectivity index (χ3n) is 4.34. The maximum absolute atomic E-state index is 12.2. The number of hydrogen-bond acceptors (Lipinski definition) is 6. The summed E-state index contributed by atoms with van der Waals surface area (Å²) in [5.41, 5.74) is 2.06. The Kier molecular flexibility index (Phi) is 7.22. The zero-order valence-electron chi connectivity index (χ0n) is 16.8. The Morgan fingerprint density at radius 3 is 2.45 bits per heavy atom. The zero-order valence-corrected chi connectivity index (χ0v) is 16.8. The molecule has 0 atom stereocenters. The van der Waals surface area contributed by atoms with Gasteiger partial charge in [0.25, 0.3) is 5.91 Å². The second-order valence-corrected chi connectivity index (χ2v) is 6.48. The molecule has 1 amide bonds. The van der Waals surface area contributed by atoms with Crippen molar-refractivity contribution in [3.05, 3.63) is 95.0 Å². The summed E-state index contributed by atoms with van der Waals surface area (Å²) in [5, 5.41) is 11.9. The molecule has 1 aromatic heterocycles. The maximum Gasteiger partial charge on any atom is 0.337 e. The molecule has 7 nitrogen and oxygen atoms in total. The quantitative estimate of drug-likeness (QED) is 0.340. The van der Waals surface area contributed by atoms with Crippen LogP contribution < -0.4 is 10.1 Å². The Morgan fingerprint density at radius 1 is 1.10 bits per heavy atom. The molecule has 0 aliphatic rings. The lowest BCUT2D eigenvalue weighted by Gasteiger charge is -2.07. The number of benzene rings is 2. The summed E-state index contributed by atoms with van der Waals surface area (Å²) >= 11 is 0. The number of ether oxygens (including phenoxy) is 2. The van der Waals surface area contributed by atoms with Crippen LogP contribution in [0.5, 0.6) is 5.75 Å². The van der Waals surface area contributed by atoms with Crippen LogP contribution in [0, 0.1) is 11.3 Å². The van der Waals surface area contributed by atoms with Gasteiger partial charge in [-0.3, -0.25) is 4.79 Å². The van der Waals surface area contributed by atoms with Crippen LogP contribution in [-0.2, 0) is 22.7 Å². The van der Waals surface area contributed by atoms with Crippen LogP contribution >= 0.6 is 0 Å². The van der Waals surface area contributed by atoms with Crippen LogP contribution in [0.2, 0.25) is 0 Å². The molecule has 0 spiro atoms. The first-order valence-corrected chi connectivity index (χ1v) is 9.41. The fourth-order valence-electron chi connectivity index (χ4n) is 2.67. The highest BCUT2D eigenvalue weighted by Gasteiger charge is 2.10. The summed E-state index contributed by atoms with van der Waals surface area (Å²) in [5.74, 6) is 0.374. The minimum absolute atomic E-state index is 0.00841. The lowest BCUT2D eigenvalue weighted by molar-refractivity contribution is -0.117. The molecule has 156 valence electrons. The fraction of sp³-hybridized carbons (Fsp3) is 0.125. The van der Waals surface area contributed by atoms with E-state index in [9.17, 15) is 14.9 Å². The number of nitrogens with one attached hydrogen (secondary N) is 1. The van der Waals surface area contributed by atoms with Gasteiger partial charge in [-0.15, -0.1) is 0 Å². The normalized spacial score (nSPS) is 10.8. The highest BCUT2D eigenvalue weighted by atomic mass is 16.5. The van der Waals surface area contributed by atoms with E-state index in [0.717, 1.165) is 5.56 Å². The number of carbonyl (C=O) groups is 2. The summed E-state index contributed by atoms with van der Waals surface area (Å²) in [6.07, 6.45) is 3.02. The molecule has 0 fully saturated rings. The van der Waals surface area contributed by atoms with E-state index >= 15 is 0 Å². The number of nitrogens with zero attached hydrogens (tertiary/aromatic N) is 1. The molecule has 0 saturated carbocycles. The van der Waals surface area contributed by atoms with Gasteiger partial charge in [0.1, 0.15) is 29.8 Å². The lowest BCUT2D eigenvalue weighted by atomic mass is 10.1. The van der Waals surface area contributed by atoms with Crippen LogP contribution in [0.25, 0.3) is 6.08 Å². The van der Waals surface area contributed by atoms with E-state index in [1.165, 1.54) is 19.4 Å². The summed E-state index contributed by atoms with van der Waals surface area (Å²) in [4.78, 5) is 23.6. The van der Waals surface area contributed by atoms with Crippen molar-refractivity contribution in [3.63, 3.8) is 0 Å². The third kappa shape index (κ3) is 6.08. The Morgan fingerprint density at radius 2 is 1.84 bits per heavy atom. The molecule has 2 aromatic carbocycles. The molecule has 0 saturated heterocycles. The number of rotatable bonds is 8. The SMILES string of the molecule is COC(=O)c1ccc(COc2ccc(/C=C(\C#N)C(=O)NCc3ccco3)cc2)cc1. The lowest BCUT2D eigenvalue weighted by Crippen LogP contribution is -2.23. The Balaban J connectivity index is 1.56. The van der Waals surface area contributed by atoms with Crippen LogP contribution in [0.15, 0.2) is 76.9 Å². The first kappa shape index (κ1) is 21.4. The predicted octanol–water partition coefficient (Wildman–Crippen LogP) is 3.87. The van der Waals surface area contributed by atoms with Gasteiger partial charge in [0.15, 0.2) is 0 Å². The smallest absolute Gasteiger partial charge is 0.337 e. The topological polar surface area (TPSA) is 102 Å². The van der Waals surface area contributed by atoms with Gasteiger partial charge in [-0.25, -0.2) is 4.79 Å². The van der Waals surface area contributed by atoms with E-state index in [0.29, 0.717) is 29.2 Å². The highest BCUT2D eigenvalue weighted by molar-refractivity contribution is 6.01.